The first kappa shape index (κ1) is 34.4. The number of unbranched alkanes of at least 4 members (excludes halogenated alkanes) is 4. The number of carbonyl (C=O) groups is 1. The summed E-state index contributed by atoms with van der Waals surface area (Å²) in [7, 11) is -4.12. The van der Waals surface area contributed by atoms with Gasteiger partial charge in [0.25, 0.3) is 0 Å². The van der Waals surface area contributed by atoms with Gasteiger partial charge >= 0.3 is 19.4 Å². The molecule has 0 spiro atoms. The molecule has 2 saturated heterocycles. The Kier molecular flexibility index (Phi) is 12.4. The van der Waals surface area contributed by atoms with Gasteiger partial charge in [0.1, 0.15) is 29.7 Å². The quantitative estimate of drug-likeness (QED) is 0.155. The topological polar surface area (TPSA) is 152 Å². The van der Waals surface area contributed by atoms with Gasteiger partial charge < -0.3 is 20.3 Å². The molecular formula is C29H49N4O8P. The van der Waals surface area contributed by atoms with E-state index in [-0.39, 0.29) is 19.1 Å². The smallest absolute Gasteiger partial charge is 0.409 e. The van der Waals surface area contributed by atoms with Crippen LogP contribution in [-0.4, -0.2) is 67.4 Å². The Morgan fingerprint density at radius 1 is 1.24 bits per heavy atom. The van der Waals surface area contributed by atoms with Crippen LogP contribution in [-0.2, 0) is 23.1 Å². The zero-order valence-corrected chi connectivity index (χ0v) is 26.6. The molecule has 0 amide bonds. The Bertz CT molecular complexity index is 1170. The van der Waals surface area contributed by atoms with Crippen LogP contribution in [0, 0.1) is 5.92 Å². The third kappa shape index (κ3) is 7.89. The first-order valence-electron chi connectivity index (χ1n) is 15.2. The van der Waals surface area contributed by atoms with Crippen LogP contribution in [0.2, 0.25) is 0 Å². The lowest BCUT2D eigenvalue weighted by atomic mass is 9.95. The molecule has 6 atom stereocenters. The van der Waals surface area contributed by atoms with E-state index in [4.69, 9.17) is 13.8 Å². The zero-order chi connectivity index (χ0) is 31.1. The molecular weight excluding hydrogens is 563 g/mol. The minimum Gasteiger partial charge on any atom is -0.480 e. The van der Waals surface area contributed by atoms with Crippen LogP contribution >= 0.6 is 7.75 Å². The first-order chi connectivity index (χ1) is 19.9. The summed E-state index contributed by atoms with van der Waals surface area (Å²) in [5.41, 5.74) is -1.66. The zero-order valence-electron chi connectivity index (χ0n) is 25.7. The molecule has 3 N–H and O–H groups in total. The standard InChI is InChI=1S/C29H49N4O8P/c1-7-10-11-12-13-17-33(21(5)26(34)35)42(38)39-19-23-25(41-42)29(6,37)27(40-23)32-18-16-24(31-28(32)36)30-20(4)22(14-8-2)15-9-3/h16,18,21-23,25,27,37H,4,7-15,17,19H2,1-3,5-6H3,(H,34,35)(H,30,31,36)/t21-,23+,25+,27+,29+,42?/m0/s1. The van der Waals surface area contributed by atoms with Crippen LogP contribution in [0.5, 0.6) is 0 Å². The number of hydrogen-bond acceptors (Lipinski definition) is 9. The average molecular weight is 613 g/mol. The lowest BCUT2D eigenvalue weighted by Crippen LogP contribution is -2.51. The van der Waals surface area contributed by atoms with Gasteiger partial charge in [0, 0.05) is 18.4 Å². The Balaban J connectivity index is 1.78. The fourth-order valence-corrected chi connectivity index (χ4v) is 7.88. The van der Waals surface area contributed by atoms with Crippen molar-refractivity contribution >= 4 is 19.5 Å². The molecule has 3 rings (SSSR count). The van der Waals surface area contributed by atoms with E-state index < -0.39 is 49.5 Å². The molecule has 0 aromatic carbocycles. The van der Waals surface area contributed by atoms with Crippen molar-refractivity contribution in [2.24, 2.45) is 5.92 Å². The van der Waals surface area contributed by atoms with Gasteiger partial charge in [-0.25, -0.2) is 9.36 Å². The third-order valence-corrected chi connectivity index (χ3v) is 10.3. The molecule has 238 valence electrons. The van der Waals surface area contributed by atoms with Crippen molar-refractivity contribution in [1.82, 2.24) is 14.2 Å². The van der Waals surface area contributed by atoms with Gasteiger partial charge in [-0.1, -0.05) is 65.9 Å². The van der Waals surface area contributed by atoms with Crippen LogP contribution in [0.4, 0.5) is 5.82 Å². The number of fused-ring (bicyclic) bond motifs is 1. The number of hydrogen-bond donors (Lipinski definition) is 3. The summed E-state index contributed by atoms with van der Waals surface area (Å²) in [5, 5.41) is 24.5. The molecule has 0 bridgehead atoms. The van der Waals surface area contributed by atoms with Crippen molar-refractivity contribution in [2.45, 2.75) is 122 Å². The van der Waals surface area contributed by atoms with Crippen molar-refractivity contribution in [2.75, 3.05) is 18.5 Å². The van der Waals surface area contributed by atoms with Gasteiger partial charge in [-0.2, -0.15) is 9.65 Å². The molecule has 13 heteroatoms. The van der Waals surface area contributed by atoms with Crippen LogP contribution in [0.1, 0.15) is 98.6 Å². The molecule has 1 aromatic heterocycles. The molecule has 1 unspecified atom stereocenters. The second-order valence-corrected chi connectivity index (χ2v) is 13.5. The number of nitrogens with zero attached hydrogens (tertiary/aromatic N) is 3. The van der Waals surface area contributed by atoms with Crippen molar-refractivity contribution in [3.63, 3.8) is 0 Å². The normalized spacial score (nSPS) is 28.1. The average Bonchev–Trinajstić information content (AvgIpc) is 3.19. The van der Waals surface area contributed by atoms with Gasteiger partial charge in [-0.05, 0) is 45.1 Å². The van der Waals surface area contributed by atoms with Crippen LogP contribution in [0.3, 0.4) is 0 Å². The molecule has 0 radical (unpaired) electrons. The first-order valence-corrected chi connectivity index (χ1v) is 16.7. The molecule has 12 nitrogen and oxygen atoms in total. The number of aliphatic hydroxyl groups is 1. The lowest BCUT2D eigenvalue weighted by Gasteiger charge is -2.40. The van der Waals surface area contributed by atoms with Crippen molar-refractivity contribution < 1.29 is 33.4 Å². The largest absolute Gasteiger partial charge is 0.480 e. The second-order valence-electron chi connectivity index (χ2n) is 11.6. The second kappa shape index (κ2) is 15.1. The summed E-state index contributed by atoms with van der Waals surface area (Å²) in [6.45, 7) is 13.3. The Hall–Kier alpha value is -2.08. The van der Waals surface area contributed by atoms with Gasteiger partial charge in [0.15, 0.2) is 6.23 Å². The molecule has 2 aliphatic rings. The number of carboxylic acid groups (broad SMARTS) is 1. The molecule has 2 aliphatic heterocycles. The maximum absolute atomic E-state index is 14.0. The molecule has 3 heterocycles. The number of aliphatic carboxylic acids is 1. The summed E-state index contributed by atoms with van der Waals surface area (Å²) in [6, 6.07) is 0.470. The highest BCUT2D eigenvalue weighted by atomic mass is 31.2. The number of rotatable bonds is 17. The third-order valence-electron chi connectivity index (χ3n) is 8.11. The van der Waals surface area contributed by atoms with Crippen LogP contribution in [0.15, 0.2) is 29.3 Å². The number of carboxylic acids is 1. The summed E-state index contributed by atoms with van der Waals surface area (Å²) in [6.07, 6.45) is 6.84. The van der Waals surface area contributed by atoms with Crippen molar-refractivity contribution in [3.8, 4) is 0 Å². The highest BCUT2D eigenvalue weighted by molar-refractivity contribution is 7.51. The fraction of sp³-hybridized carbons (Fsp3) is 0.759. The maximum Gasteiger partial charge on any atom is 0.409 e. The Labute approximate surface area is 249 Å². The summed E-state index contributed by atoms with van der Waals surface area (Å²) >= 11 is 0. The summed E-state index contributed by atoms with van der Waals surface area (Å²) < 4.78 is 34.0. The monoisotopic (exact) mass is 612 g/mol. The van der Waals surface area contributed by atoms with E-state index in [2.05, 4.69) is 37.7 Å². The lowest BCUT2D eigenvalue weighted by molar-refractivity contribution is -0.142. The number of nitrogens with one attached hydrogen (secondary N) is 1. The highest BCUT2D eigenvalue weighted by Gasteiger charge is 2.61. The predicted octanol–water partition coefficient (Wildman–Crippen LogP) is 5.30. The minimum absolute atomic E-state index is 0.193. The summed E-state index contributed by atoms with van der Waals surface area (Å²) in [4.78, 5) is 29.1. The van der Waals surface area contributed by atoms with Crippen molar-refractivity contribution in [3.05, 3.63) is 35.0 Å². The molecule has 1 aromatic rings. The minimum atomic E-state index is -4.12. The summed E-state index contributed by atoms with van der Waals surface area (Å²) in [5.74, 6) is -0.557. The van der Waals surface area contributed by atoms with E-state index in [9.17, 15) is 24.4 Å². The number of anilines is 1. The van der Waals surface area contributed by atoms with E-state index in [1.165, 1.54) is 29.3 Å². The van der Waals surface area contributed by atoms with E-state index in [1.54, 1.807) is 6.07 Å². The number of aromatic nitrogens is 2. The van der Waals surface area contributed by atoms with E-state index in [1.807, 2.05) is 0 Å². The molecule has 2 fully saturated rings. The number of ether oxygens (including phenoxy) is 1. The number of allylic oxidation sites excluding steroid dienone is 1. The van der Waals surface area contributed by atoms with E-state index in [0.29, 0.717) is 12.2 Å². The van der Waals surface area contributed by atoms with Gasteiger partial charge in [-0.15, -0.1) is 0 Å². The SMILES string of the molecule is C=C(Nc1ccn([C@@H]2O[C@@H]3COP(=O)(N(CCCCCCC)[C@@H](C)C(=O)O)O[C@H]3[C@@]2(C)O)c(=O)n1)C(CCC)CCC. The van der Waals surface area contributed by atoms with E-state index >= 15 is 0 Å². The predicted molar refractivity (Wildman–Crippen MR) is 160 cm³/mol. The maximum atomic E-state index is 14.0. The van der Waals surface area contributed by atoms with Gasteiger partial charge in [0.05, 0.1) is 6.61 Å². The van der Waals surface area contributed by atoms with E-state index in [0.717, 1.165) is 57.1 Å². The van der Waals surface area contributed by atoms with Crippen molar-refractivity contribution in [1.29, 1.82) is 0 Å². The van der Waals surface area contributed by atoms with Crippen LogP contribution in [0.25, 0.3) is 0 Å². The highest BCUT2D eigenvalue weighted by Crippen LogP contribution is 2.61. The van der Waals surface area contributed by atoms with Crippen LogP contribution < -0.4 is 11.0 Å². The molecule has 42 heavy (non-hydrogen) atoms. The van der Waals surface area contributed by atoms with Gasteiger partial charge in [0.2, 0.25) is 0 Å². The van der Waals surface area contributed by atoms with Gasteiger partial charge in [-0.3, -0.25) is 18.4 Å². The molecule has 0 aliphatic carbocycles. The molecule has 0 saturated carbocycles. The Morgan fingerprint density at radius 2 is 1.90 bits per heavy atom. The Morgan fingerprint density at radius 3 is 2.50 bits per heavy atom. The fourth-order valence-electron chi connectivity index (χ4n) is 5.67.